The molecule has 100 valence electrons. The van der Waals surface area contributed by atoms with Crippen molar-refractivity contribution in [1.29, 1.82) is 0 Å². The topological polar surface area (TPSA) is 0 Å². The summed E-state index contributed by atoms with van der Waals surface area (Å²) in [5.74, 6) is 0. The minimum atomic E-state index is 1.13. The first-order chi connectivity index (χ1) is 8.95. The fourth-order valence-electron chi connectivity index (χ4n) is 3.09. The van der Waals surface area contributed by atoms with Crippen molar-refractivity contribution in [2.45, 2.75) is 47.5 Å². The molecule has 2 aromatic carbocycles. The van der Waals surface area contributed by atoms with E-state index in [9.17, 15) is 0 Å². The van der Waals surface area contributed by atoms with Gasteiger partial charge in [-0.1, -0.05) is 47.0 Å². The Morgan fingerprint density at radius 3 is 1.58 bits per heavy atom. The van der Waals surface area contributed by atoms with E-state index in [1.807, 2.05) is 0 Å². The van der Waals surface area contributed by atoms with Gasteiger partial charge in [0.15, 0.2) is 0 Å². The van der Waals surface area contributed by atoms with E-state index in [0.717, 1.165) is 12.8 Å². The van der Waals surface area contributed by atoms with Crippen LogP contribution in [0, 0.1) is 34.6 Å². The quantitative estimate of drug-likeness (QED) is 0.720. The van der Waals surface area contributed by atoms with Crippen molar-refractivity contribution in [3.8, 4) is 0 Å². The van der Waals surface area contributed by atoms with Crippen LogP contribution < -0.4 is 0 Å². The van der Waals surface area contributed by atoms with Crippen molar-refractivity contribution >= 4 is 0 Å². The molecule has 0 saturated heterocycles. The van der Waals surface area contributed by atoms with E-state index >= 15 is 0 Å². The molecule has 0 nitrogen and oxygen atoms in total. The fraction of sp³-hybridized carbons (Fsp3) is 0.368. The first-order valence-corrected chi connectivity index (χ1v) is 7.09. The lowest BCUT2D eigenvalue weighted by atomic mass is 9.94. The molecule has 0 aliphatic rings. The van der Waals surface area contributed by atoms with Crippen molar-refractivity contribution in [1.82, 2.24) is 0 Å². The normalized spacial score (nSPS) is 10.8. The Hall–Kier alpha value is -1.56. The molecule has 0 heteroatoms. The first-order valence-electron chi connectivity index (χ1n) is 7.09. The van der Waals surface area contributed by atoms with E-state index < -0.39 is 0 Å². The highest BCUT2D eigenvalue weighted by atomic mass is 14.1. The monoisotopic (exact) mass is 252 g/mol. The Morgan fingerprint density at radius 1 is 0.579 bits per heavy atom. The van der Waals surface area contributed by atoms with Gasteiger partial charge in [0.05, 0.1) is 0 Å². The SMILES string of the molecule is Cc1cc(C)cc(CCc2c(C)cc(C)cc2C)c1. The van der Waals surface area contributed by atoms with Gasteiger partial charge < -0.3 is 0 Å². The Labute approximate surface area is 117 Å². The molecule has 0 amide bonds. The van der Waals surface area contributed by atoms with Gasteiger partial charge in [0.25, 0.3) is 0 Å². The van der Waals surface area contributed by atoms with Crippen molar-refractivity contribution in [3.63, 3.8) is 0 Å². The fourth-order valence-corrected chi connectivity index (χ4v) is 3.09. The largest absolute Gasteiger partial charge is 0.0564 e. The lowest BCUT2D eigenvalue weighted by Gasteiger charge is -2.12. The summed E-state index contributed by atoms with van der Waals surface area (Å²) in [5, 5.41) is 0. The van der Waals surface area contributed by atoms with Gasteiger partial charge in [0, 0.05) is 0 Å². The molecule has 0 aromatic heterocycles. The lowest BCUT2D eigenvalue weighted by Crippen LogP contribution is -1.99. The van der Waals surface area contributed by atoms with Crippen LogP contribution in [0.2, 0.25) is 0 Å². The molecule has 0 aliphatic heterocycles. The summed E-state index contributed by atoms with van der Waals surface area (Å²) in [6, 6.07) is 11.5. The summed E-state index contributed by atoms with van der Waals surface area (Å²) in [4.78, 5) is 0. The Bertz CT molecular complexity index is 548. The van der Waals surface area contributed by atoms with E-state index in [-0.39, 0.29) is 0 Å². The van der Waals surface area contributed by atoms with Crippen LogP contribution in [-0.4, -0.2) is 0 Å². The zero-order valence-corrected chi connectivity index (χ0v) is 12.8. The van der Waals surface area contributed by atoms with Crippen LogP contribution in [0.4, 0.5) is 0 Å². The third kappa shape index (κ3) is 3.47. The second kappa shape index (κ2) is 5.61. The van der Waals surface area contributed by atoms with Crippen molar-refractivity contribution in [2.75, 3.05) is 0 Å². The molecular formula is C19H24. The average molecular weight is 252 g/mol. The first kappa shape index (κ1) is 13.9. The van der Waals surface area contributed by atoms with Crippen molar-refractivity contribution < 1.29 is 0 Å². The van der Waals surface area contributed by atoms with Crippen LogP contribution >= 0.6 is 0 Å². The van der Waals surface area contributed by atoms with Crippen LogP contribution in [0.15, 0.2) is 30.3 Å². The van der Waals surface area contributed by atoms with E-state index in [1.165, 1.54) is 38.9 Å². The second-order valence-electron chi connectivity index (χ2n) is 5.87. The number of benzene rings is 2. The van der Waals surface area contributed by atoms with E-state index in [4.69, 9.17) is 0 Å². The highest BCUT2D eigenvalue weighted by molar-refractivity contribution is 5.38. The number of hydrogen-bond acceptors (Lipinski definition) is 0. The zero-order chi connectivity index (χ0) is 14.0. The maximum Gasteiger partial charge on any atom is -0.0233 e. The molecule has 0 radical (unpaired) electrons. The van der Waals surface area contributed by atoms with Gasteiger partial charge in [0.2, 0.25) is 0 Å². The highest BCUT2D eigenvalue weighted by Gasteiger charge is 2.05. The minimum Gasteiger partial charge on any atom is -0.0564 e. The van der Waals surface area contributed by atoms with E-state index in [0.29, 0.717) is 0 Å². The summed E-state index contributed by atoms with van der Waals surface area (Å²) >= 11 is 0. The van der Waals surface area contributed by atoms with Gasteiger partial charge in [-0.15, -0.1) is 0 Å². The lowest BCUT2D eigenvalue weighted by molar-refractivity contribution is 0.932. The Balaban J connectivity index is 2.19. The predicted molar refractivity (Wildman–Crippen MR) is 84.0 cm³/mol. The third-order valence-electron chi connectivity index (χ3n) is 3.79. The summed E-state index contributed by atoms with van der Waals surface area (Å²) in [7, 11) is 0. The second-order valence-corrected chi connectivity index (χ2v) is 5.87. The summed E-state index contributed by atoms with van der Waals surface area (Å²) in [5.41, 5.74) is 9.94. The Kier molecular flexibility index (Phi) is 4.09. The van der Waals surface area contributed by atoms with Crippen LogP contribution in [0.5, 0.6) is 0 Å². The number of rotatable bonds is 3. The molecule has 2 rings (SSSR count). The van der Waals surface area contributed by atoms with Crippen LogP contribution in [0.3, 0.4) is 0 Å². The standard InChI is InChI=1S/C19H24/c1-13-8-14(2)12-18(11-13)6-7-19-16(4)9-15(3)10-17(19)5/h8-12H,6-7H2,1-5H3. The molecule has 0 bridgehead atoms. The van der Waals surface area contributed by atoms with Gasteiger partial charge in [-0.3, -0.25) is 0 Å². The Morgan fingerprint density at radius 2 is 1.05 bits per heavy atom. The van der Waals surface area contributed by atoms with Crippen molar-refractivity contribution in [2.24, 2.45) is 0 Å². The van der Waals surface area contributed by atoms with Gasteiger partial charge in [-0.25, -0.2) is 0 Å². The number of hydrogen-bond donors (Lipinski definition) is 0. The van der Waals surface area contributed by atoms with Crippen LogP contribution in [0.25, 0.3) is 0 Å². The minimum absolute atomic E-state index is 1.13. The molecule has 0 heterocycles. The third-order valence-corrected chi connectivity index (χ3v) is 3.79. The average Bonchev–Trinajstić information content (AvgIpc) is 2.25. The summed E-state index contributed by atoms with van der Waals surface area (Å²) in [6.45, 7) is 11.0. The van der Waals surface area contributed by atoms with Gasteiger partial charge in [-0.2, -0.15) is 0 Å². The smallest absolute Gasteiger partial charge is 0.0233 e. The maximum atomic E-state index is 2.31. The van der Waals surface area contributed by atoms with E-state index in [2.05, 4.69) is 65.0 Å². The molecule has 0 N–H and O–H groups in total. The van der Waals surface area contributed by atoms with E-state index in [1.54, 1.807) is 0 Å². The molecule has 0 saturated carbocycles. The summed E-state index contributed by atoms with van der Waals surface area (Å²) < 4.78 is 0. The molecule has 0 atom stereocenters. The molecule has 0 unspecified atom stereocenters. The number of aryl methyl sites for hydroxylation is 6. The molecule has 0 fully saturated rings. The molecule has 19 heavy (non-hydrogen) atoms. The predicted octanol–water partition coefficient (Wildman–Crippen LogP) is 5.01. The summed E-state index contributed by atoms with van der Waals surface area (Å²) in [6.07, 6.45) is 2.27. The zero-order valence-electron chi connectivity index (χ0n) is 12.8. The van der Waals surface area contributed by atoms with Crippen molar-refractivity contribution in [3.05, 3.63) is 69.3 Å². The van der Waals surface area contributed by atoms with Crippen LogP contribution in [0.1, 0.15) is 38.9 Å². The van der Waals surface area contributed by atoms with Gasteiger partial charge >= 0.3 is 0 Å². The van der Waals surface area contributed by atoms with Crippen LogP contribution in [-0.2, 0) is 12.8 Å². The molecular weight excluding hydrogens is 228 g/mol. The highest BCUT2D eigenvalue weighted by Crippen LogP contribution is 2.19. The van der Waals surface area contributed by atoms with Gasteiger partial charge in [-0.05, 0) is 69.7 Å². The molecule has 0 spiro atoms. The maximum absolute atomic E-state index is 2.31. The molecule has 0 aliphatic carbocycles. The molecule has 2 aromatic rings. The van der Waals surface area contributed by atoms with Gasteiger partial charge in [0.1, 0.15) is 0 Å².